The first kappa shape index (κ1) is 15.4. The summed E-state index contributed by atoms with van der Waals surface area (Å²) in [6.07, 6.45) is 0. The lowest BCUT2D eigenvalue weighted by atomic mass is 10.2. The van der Waals surface area contributed by atoms with Crippen LogP contribution in [0.5, 0.6) is 0 Å². The molecule has 0 radical (unpaired) electrons. The molecule has 1 heterocycles. The van der Waals surface area contributed by atoms with Crippen molar-refractivity contribution < 1.29 is 22.7 Å². The Morgan fingerprint density at radius 1 is 1.43 bits per heavy atom. The Balaban J connectivity index is 2.35. The first-order chi connectivity index (χ1) is 10.0. The van der Waals surface area contributed by atoms with Crippen molar-refractivity contribution >= 4 is 16.0 Å². The van der Waals surface area contributed by atoms with Crippen molar-refractivity contribution in [3.63, 3.8) is 0 Å². The number of esters is 1. The summed E-state index contributed by atoms with van der Waals surface area (Å²) in [4.78, 5) is 11.7. The van der Waals surface area contributed by atoms with Gasteiger partial charge in [0.05, 0.1) is 36.9 Å². The van der Waals surface area contributed by atoms with Gasteiger partial charge in [-0.15, -0.1) is 0 Å². The van der Waals surface area contributed by atoms with E-state index in [0.29, 0.717) is 5.56 Å². The lowest BCUT2D eigenvalue weighted by molar-refractivity contribution is -0.149. The largest absolute Gasteiger partial charge is 0.468 e. The van der Waals surface area contributed by atoms with Gasteiger partial charge in [0.15, 0.2) is 0 Å². The van der Waals surface area contributed by atoms with E-state index in [1.165, 1.54) is 31.4 Å². The molecule has 0 bridgehead atoms. The molecule has 112 valence electrons. The van der Waals surface area contributed by atoms with Crippen LogP contribution in [-0.4, -0.2) is 51.6 Å². The fourth-order valence-electron chi connectivity index (χ4n) is 2.03. The summed E-state index contributed by atoms with van der Waals surface area (Å²) in [6, 6.07) is 6.45. The number of sulfonamides is 1. The summed E-state index contributed by atoms with van der Waals surface area (Å²) < 4.78 is 36.0. The average molecular weight is 310 g/mol. The second kappa shape index (κ2) is 6.22. The molecule has 7 nitrogen and oxygen atoms in total. The van der Waals surface area contributed by atoms with Gasteiger partial charge in [-0.25, -0.2) is 8.42 Å². The van der Waals surface area contributed by atoms with Gasteiger partial charge in [-0.05, 0) is 24.3 Å². The number of nitriles is 1. The number of morpholine rings is 1. The van der Waals surface area contributed by atoms with Crippen LogP contribution in [0.2, 0.25) is 0 Å². The van der Waals surface area contributed by atoms with Crippen LogP contribution in [0.15, 0.2) is 29.2 Å². The van der Waals surface area contributed by atoms with E-state index >= 15 is 0 Å². The lowest BCUT2D eigenvalue weighted by Gasteiger charge is -2.32. The maximum absolute atomic E-state index is 12.6. The van der Waals surface area contributed by atoms with Gasteiger partial charge in [-0.1, -0.05) is 0 Å². The number of nitrogens with zero attached hydrogens (tertiary/aromatic N) is 2. The van der Waals surface area contributed by atoms with E-state index < -0.39 is 22.0 Å². The predicted octanol–water partition coefficient (Wildman–Crippen LogP) is 0.121. The second-order valence-corrected chi connectivity index (χ2v) is 6.26. The number of carbonyl (C=O) groups excluding carboxylic acids is 1. The third-order valence-electron chi connectivity index (χ3n) is 3.14. The number of rotatable bonds is 3. The van der Waals surface area contributed by atoms with Gasteiger partial charge in [0, 0.05) is 6.54 Å². The van der Waals surface area contributed by atoms with Crippen molar-refractivity contribution in [1.29, 1.82) is 5.26 Å². The number of hydrogen-bond donors (Lipinski definition) is 0. The van der Waals surface area contributed by atoms with E-state index in [0.717, 1.165) is 4.31 Å². The van der Waals surface area contributed by atoms with Crippen LogP contribution in [0.25, 0.3) is 0 Å². The van der Waals surface area contributed by atoms with Crippen LogP contribution < -0.4 is 0 Å². The normalized spacial score (nSPS) is 19.7. The summed E-state index contributed by atoms with van der Waals surface area (Å²) in [5.74, 6) is -0.660. The number of ether oxygens (including phenoxy) is 2. The van der Waals surface area contributed by atoms with E-state index in [1.54, 1.807) is 0 Å². The Hall–Kier alpha value is -1.95. The molecule has 0 aromatic heterocycles. The standard InChI is InChI=1S/C13H14N2O5S/c1-19-13(16)12-9-20-7-6-15(12)21(17,18)11-4-2-10(8-14)3-5-11/h2-5,12H,6-7,9H2,1H3. The highest BCUT2D eigenvalue weighted by Gasteiger charge is 2.38. The molecule has 0 spiro atoms. The van der Waals surface area contributed by atoms with Crippen molar-refractivity contribution in [2.45, 2.75) is 10.9 Å². The molecular formula is C13H14N2O5S. The predicted molar refractivity (Wildman–Crippen MR) is 71.7 cm³/mol. The van der Waals surface area contributed by atoms with Gasteiger partial charge in [0.1, 0.15) is 6.04 Å². The smallest absolute Gasteiger partial charge is 0.326 e. The maximum atomic E-state index is 12.6. The fourth-order valence-corrected chi connectivity index (χ4v) is 3.58. The van der Waals surface area contributed by atoms with Gasteiger partial charge in [0.2, 0.25) is 10.0 Å². The maximum Gasteiger partial charge on any atom is 0.326 e. The molecular weight excluding hydrogens is 296 g/mol. The third-order valence-corrected chi connectivity index (χ3v) is 5.07. The molecule has 1 aromatic rings. The molecule has 0 N–H and O–H groups in total. The molecule has 1 saturated heterocycles. The topological polar surface area (TPSA) is 96.7 Å². The third kappa shape index (κ3) is 3.05. The molecule has 1 fully saturated rings. The van der Waals surface area contributed by atoms with Gasteiger partial charge in [0.25, 0.3) is 0 Å². The molecule has 8 heteroatoms. The van der Waals surface area contributed by atoms with E-state index in [9.17, 15) is 13.2 Å². The van der Waals surface area contributed by atoms with E-state index in [-0.39, 0.29) is 24.7 Å². The minimum Gasteiger partial charge on any atom is -0.468 e. The van der Waals surface area contributed by atoms with E-state index in [1.807, 2.05) is 6.07 Å². The molecule has 1 unspecified atom stereocenters. The number of hydrogen-bond acceptors (Lipinski definition) is 6. The first-order valence-electron chi connectivity index (χ1n) is 6.18. The van der Waals surface area contributed by atoms with Gasteiger partial charge in [-0.3, -0.25) is 4.79 Å². The monoisotopic (exact) mass is 310 g/mol. The minimum atomic E-state index is -3.85. The van der Waals surface area contributed by atoms with Crippen LogP contribution in [0.4, 0.5) is 0 Å². The van der Waals surface area contributed by atoms with Crippen LogP contribution in [0.3, 0.4) is 0 Å². The van der Waals surface area contributed by atoms with E-state index in [4.69, 9.17) is 10.00 Å². The zero-order valence-corrected chi connectivity index (χ0v) is 12.2. The number of benzene rings is 1. The SMILES string of the molecule is COC(=O)C1COCCN1S(=O)(=O)c1ccc(C#N)cc1. The highest BCUT2D eigenvalue weighted by atomic mass is 32.2. The molecule has 0 aliphatic carbocycles. The quantitative estimate of drug-likeness (QED) is 0.736. The molecule has 0 amide bonds. The average Bonchev–Trinajstić information content (AvgIpc) is 2.54. The van der Waals surface area contributed by atoms with Crippen molar-refractivity contribution in [2.24, 2.45) is 0 Å². The second-order valence-electron chi connectivity index (χ2n) is 4.37. The Bertz CT molecular complexity index is 663. The molecule has 2 rings (SSSR count). The van der Waals surface area contributed by atoms with Crippen LogP contribution in [0, 0.1) is 11.3 Å². The van der Waals surface area contributed by atoms with Gasteiger partial charge < -0.3 is 9.47 Å². The van der Waals surface area contributed by atoms with Crippen LogP contribution >= 0.6 is 0 Å². The van der Waals surface area contributed by atoms with Crippen molar-refractivity contribution in [2.75, 3.05) is 26.9 Å². The molecule has 1 aliphatic rings. The van der Waals surface area contributed by atoms with E-state index in [2.05, 4.69) is 4.74 Å². The number of methoxy groups -OCH3 is 1. The summed E-state index contributed by atoms with van der Waals surface area (Å²) in [7, 11) is -2.65. The summed E-state index contributed by atoms with van der Waals surface area (Å²) >= 11 is 0. The van der Waals surface area contributed by atoms with Crippen molar-refractivity contribution in [3.05, 3.63) is 29.8 Å². The Morgan fingerprint density at radius 2 is 2.10 bits per heavy atom. The zero-order valence-electron chi connectivity index (χ0n) is 11.4. The van der Waals surface area contributed by atoms with Crippen LogP contribution in [-0.2, 0) is 24.3 Å². The summed E-state index contributed by atoms with van der Waals surface area (Å²) in [5.41, 5.74) is 0.362. The lowest BCUT2D eigenvalue weighted by Crippen LogP contribution is -2.52. The van der Waals surface area contributed by atoms with Gasteiger partial charge in [-0.2, -0.15) is 9.57 Å². The van der Waals surface area contributed by atoms with Gasteiger partial charge >= 0.3 is 5.97 Å². The van der Waals surface area contributed by atoms with Crippen molar-refractivity contribution in [1.82, 2.24) is 4.31 Å². The van der Waals surface area contributed by atoms with Crippen LogP contribution in [0.1, 0.15) is 5.56 Å². The summed E-state index contributed by atoms with van der Waals surface area (Å²) in [5, 5.41) is 8.74. The molecule has 0 saturated carbocycles. The Kier molecular flexibility index (Phi) is 4.57. The fraction of sp³-hybridized carbons (Fsp3) is 0.385. The van der Waals surface area contributed by atoms with Crippen molar-refractivity contribution in [3.8, 4) is 6.07 Å². The number of carbonyl (C=O) groups is 1. The molecule has 21 heavy (non-hydrogen) atoms. The highest BCUT2D eigenvalue weighted by molar-refractivity contribution is 7.89. The molecule has 1 atom stereocenters. The molecule has 1 aliphatic heterocycles. The molecule has 1 aromatic carbocycles. The first-order valence-corrected chi connectivity index (χ1v) is 7.62. The Morgan fingerprint density at radius 3 is 2.67 bits per heavy atom. The Labute approximate surface area is 122 Å². The highest BCUT2D eigenvalue weighted by Crippen LogP contribution is 2.21. The summed E-state index contributed by atoms with van der Waals surface area (Å²) in [6.45, 7) is 0.243. The zero-order chi connectivity index (χ0) is 15.5. The minimum absolute atomic E-state index is 0.0253.